The van der Waals surface area contributed by atoms with Crippen molar-refractivity contribution in [3.63, 3.8) is 0 Å². The lowest BCUT2D eigenvalue weighted by Crippen LogP contribution is -2.35. The van der Waals surface area contributed by atoms with Gasteiger partial charge < -0.3 is 11.1 Å². The van der Waals surface area contributed by atoms with Gasteiger partial charge in [0.1, 0.15) is 0 Å². The van der Waals surface area contributed by atoms with Gasteiger partial charge in [-0.25, -0.2) is 0 Å². The smallest absolute Gasteiger partial charge is 0.220 e. The van der Waals surface area contributed by atoms with E-state index in [9.17, 15) is 4.79 Å². The first-order valence-corrected chi connectivity index (χ1v) is 7.10. The molecule has 1 atom stereocenters. The summed E-state index contributed by atoms with van der Waals surface area (Å²) in [5.41, 5.74) is 6.06. The highest BCUT2D eigenvalue weighted by Gasteiger charge is 2.31. The van der Waals surface area contributed by atoms with Crippen molar-refractivity contribution in [3.8, 4) is 0 Å². The molecular formula is C14H28N2O. The molecule has 3 nitrogen and oxygen atoms in total. The van der Waals surface area contributed by atoms with Gasteiger partial charge in [-0.1, -0.05) is 19.8 Å². The molecule has 0 saturated heterocycles. The monoisotopic (exact) mass is 240 g/mol. The Hall–Kier alpha value is -0.570. The predicted octanol–water partition coefficient (Wildman–Crippen LogP) is 2.59. The van der Waals surface area contributed by atoms with Gasteiger partial charge in [0.05, 0.1) is 0 Å². The third kappa shape index (κ3) is 5.07. The zero-order valence-electron chi connectivity index (χ0n) is 11.4. The van der Waals surface area contributed by atoms with E-state index in [0.717, 1.165) is 19.4 Å². The number of hydrogen-bond acceptors (Lipinski definition) is 2. The molecule has 1 amide bonds. The second-order valence-electron chi connectivity index (χ2n) is 5.71. The van der Waals surface area contributed by atoms with Crippen LogP contribution in [-0.2, 0) is 4.79 Å². The van der Waals surface area contributed by atoms with Crippen LogP contribution in [0.25, 0.3) is 0 Å². The molecule has 1 saturated carbocycles. The van der Waals surface area contributed by atoms with E-state index >= 15 is 0 Å². The van der Waals surface area contributed by atoms with E-state index in [4.69, 9.17) is 5.73 Å². The van der Waals surface area contributed by atoms with Crippen LogP contribution in [0.15, 0.2) is 0 Å². The number of carbonyl (C=O) groups excluding carboxylic acids is 1. The van der Waals surface area contributed by atoms with Crippen LogP contribution in [0.3, 0.4) is 0 Å². The molecule has 100 valence electrons. The number of nitrogens with one attached hydrogen (secondary N) is 1. The van der Waals surface area contributed by atoms with Crippen molar-refractivity contribution < 1.29 is 4.79 Å². The van der Waals surface area contributed by atoms with Crippen LogP contribution in [0.5, 0.6) is 0 Å². The van der Waals surface area contributed by atoms with E-state index in [1.54, 1.807) is 0 Å². The Balaban J connectivity index is 2.18. The molecule has 1 rings (SSSR count). The fraction of sp³-hybridized carbons (Fsp3) is 0.929. The van der Waals surface area contributed by atoms with Gasteiger partial charge in [0.2, 0.25) is 5.91 Å². The first-order valence-electron chi connectivity index (χ1n) is 7.10. The highest BCUT2D eigenvalue weighted by Crippen LogP contribution is 2.40. The maximum atomic E-state index is 11.7. The Labute approximate surface area is 106 Å². The molecule has 1 aliphatic rings. The number of nitrogens with two attached hydrogens (primary N) is 1. The molecule has 0 spiro atoms. The summed E-state index contributed by atoms with van der Waals surface area (Å²) >= 11 is 0. The average molecular weight is 240 g/mol. The summed E-state index contributed by atoms with van der Waals surface area (Å²) in [5, 5.41) is 3.11. The lowest BCUT2D eigenvalue weighted by molar-refractivity contribution is -0.121. The van der Waals surface area contributed by atoms with Crippen LogP contribution in [0.4, 0.5) is 0 Å². The van der Waals surface area contributed by atoms with Crippen LogP contribution < -0.4 is 11.1 Å². The van der Waals surface area contributed by atoms with Crippen LogP contribution >= 0.6 is 0 Å². The molecule has 1 aliphatic carbocycles. The second-order valence-corrected chi connectivity index (χ2v) is 5.71. The summed E-state index contributed by atoms with van der Waals surface area (Å²) in [6.45, 7) is 5.11. The van der Waals surface area contributed by atoms with Crippen molar-refractivity contribution in [1.82, 2.24) is 5.32 Å². The second kappa shape index (κ2) is 7.00. The maximum Gasteiger partial charge on any atom is 0.220 e. The molecule has 1 fully saturated rings. The summed E-state index contributed by atoms with van der Waals surface area (Å²) in [7, 11) is 0. The number of hydrogen-bond donors (Lipinski definition) is 2. The predicted molar refractivity (Wildman–Crippen MR) is 71.7 cm³/mol. The van der Waals surface area contributed by atoms with Gasteiger partial charge in [0, 0.05) is 19.0 Å². The van der Waals surface area contributed by atoms with Gasteiger partial charge in [-0.15, -0.1) is 0 Å². The number of rotatable bonds is 7. The average Bonchev–Trinajstić information content (AvgIpc) is 2.75. The zero-order chi connectivity index (χ0) is 12.7. The fourth-order valence-corrected chi connectivity index (χ4v) is 2.74. The highest BCUT2D eigenvalue weighted by molar-refractivity contribution is 5.75. The Kier molecular flexibility index (Phi) is 5.96. The third-order valence-electron chi connectivity index (χ3n) is 4.14. The Bertz CT molecular complexity index is 232. The number of amides is 1. The summed E-state index contributed by atoms with van der Waals surface area (Å²) in [5.74, 6) is 0.199. The normalized spacial score (nSPS) is 20.2. The third-order valence-corrected chi connectivity index (χ3v) is 4.14. The van der Waals surface area contributed by atoms with Gasteiger partial charge in [0.25, 0.3) is 0 Å². The van der Waals surface area contributed by atoms with Crippen LogP contribution in [0.1, 0.15) is 65.2 Å². The molecule has 0 heterocycles. The minimum Gasteiger partial charge on any atom is -0.356 e. The van der Waals surface area contributed by atoms with Crippen LogP contribution in [0.2, 0.25) is 0 Å². The van der Waals surface area contributed by atoms with E-state index in [2.05, 4.69) is 12.2 Å². The first-order chi connectivity index (χ1) is 8.08. The highest BCUT2D eigenvalue weighted by atomic mass is 16.1. The molecule has 1 unspecified atom stereocenters. The summed E-state index contributed by atoms with van der Waals surface area (Å²) in [6.07, 6.45) is 8.87. The maximum absolute atomic E-state index is 11.7. The summed E-state index contributed by atoms with van der Waals surface area (Å²) < 4.78 is 0. The Morgan fingerprint density at radius 1 is 1.41 bits per heavy atom. The SMILES string of the molecule is CCC1(CNC(=O)CCCC(C)N)CCCC1. The lowest BCUT2D eigenvalue weighted by Gasteiger charge is -2.27. The van der Waals surface area contributed by atoms with Crippen molar-refractivity contribution in [2.45, 2.75) is 71.3 Å². The molecule has 0 bridgehead atoms. The van der Waals surface area contributed by atoms with E-state index in [1.165, 1.54) is 32.1 Å². The lowest BCUT2D eigenvalue weighted by atomic mass is 9.83. The van der Waals surface area contributed by atoms with Gasteiger partial charge in [-0.05, 0) is 44.4 Å². The Morgan fingerprint density at radius 3 is 2.59 bits per heavy atom. The van der Waals surface area contributed by atoms with Gasteiger partial charge in [-0.3, -0.25) is 4.79 Å². The zero-order valence-corrected chi connectivity index (χ0v) is 11.4. The van der Waals surface area contributed by atoms with Crippen molar-refractivity contribution >= 4 is 5.91 Å². The molecular weight excluding hydrogens is 212 g/mol. The first kappa shape index (κ1) is 14.5. The van der Waals surface area contributed by atoms with Crippen LogP contribution in [0, 0.1) is 5.41 Å². The van der Waals surface area contributed by atoms with Gasteiger partial charge in [0.15, 0.2) is 0 Å². The molecule has 3 N–H and O–H groups in total. The quantitative estimate of drug-likeness (QED) is 0.718. The fourth-order valence-electron chi connectivity index (χ4n) is 2.74. The van der Waals surface area contributed by atoms with Crippen molar-refractivity contribution in [1.29, 1.82) is 0 Å². The van der Waals surface area contributed by atoms with Crippen molar-refractivity contribution in [2.24, 2.45) is 11.1 Å². The van der Waals surface area contributed by atoms with E-state index in [0.29, 0.717) is 11.8 Å². The summed E-state index contributed by atoms with van der Waals surface area (Å²) in [6, 6.07) is 0.208. The van der Waals surface area contributed by atoms with Gasteiger partial charge in [-0.2, -0.15) is 0 Å². The molecule has 0 aliphatic heterocycles. The van der Waals surface area contributed by atoms with E-state index in [1.807, 2.05) is 6.92 Å². The molecule has 0 radical (unpaired) electrons. The van der Waals surface area contributed by atoms with Crippen LogP contribution in [-0.4, -0.2) is 18.5 Å². The molecule has 3 heteroatoms. The number of carbonyl (C=O) groups is 1. The Morgan fingerprint density at radius 2 is 2.06 bits per heavy atom. The summed E-state index contributed by atoms with van der Waals surface area (Å²) in [4.78, 5) is 11.7. The molecule has 0 aromatic heterocycles. The molecule has 0 aromatic rings. The van der Waals surface area contributed by atoms with Crippen molar-refractivity contribution in [3.05, 3.63) is 0 Å². The topological polar surface area (TPSA) is 55.1 Å². The van der Waals surface area contributed by atoms with Gasteiger partial charge >= 0.3 is 0 Å². The molecule has 0 aromatic carbocycles. The standard InChI is InChI=1S/C14H28N2O/c1-3-14(9-4-5-10-14)11-16-13(17)8-6-7-12(2)15/h12H,3-11,15H2,1-2H3,(H,16,17). The minimum absolute atomic E-state index is 0.199. The largest absolute Gasteiger partial charge is 0.356 e. The van der Waals surface area contributed by atoms with E-state index < -0.39 is 0 Å². The molecule has 17 heavy (non-hydrogen) atoms. The minimum atomic E-state index is 0.199. The van der Waals surface area contributed by atoms with E-state index in [-0.39, 0.29) is 11.9 Å². The van der Waals surface area contributed by atoms with Crippen molar-refractivity contribution in [2.75, 3.05) is 6.54 Å².